The van der Waals surface area contributed by atoms with Crippen LogP contribution < -0.4 is 9.44 Å². The van der Waals surface area contributed by atoms with E-state index in [1.165, 1.54) is 6.33 Å². The van der Waals surface area contributed by atoms with Crippen LogP contribution in [0.15, 0.2) is 71.7 Å². The summed E-state index contributed by atoms with van der Waals surface area (Å²) in [6.07, 6.45) is 3.58. The van der Waals surface area contributed by atoms with E-state index in [4.69, 9.17) is 9.15 Å². The van der Waals surface area contributed by atoms with E-state index in [-0.39, 0.29) is 22.5 Å². The van der Waals surface area contributed by atoms with Gasteiger partial charge in [-0.05, 0) is 44.0 Å². The fraction of sp³-hybridized carbons (Fsp3) is 0.259. The number of thiazole rings is 1. The summed E-state index contributed by atoms with van der Waals surface area (Å²) in [5.41, 5.74) is 1.79. The third-order valence-corrected chi connectivity index (χ3v) is 9.90. The summed E-state index contributed by atoms with van der Waals surface area (Å²) in [6.45, 7) is 4.21. The Morgan fingerprint density at radius 2 is 1.73 bits per heavy atom. The summed E-state index contributed by atoms with van der Waals surface area (Å²) in [6, 6.07) is 14.1. The molecular weight excluding hydrogens is 631 g/mol. The van der Waals surface area contributed by atoms with Crippen molar-refractivity contribution in [2.24, 2.45) is 0 Å². The van der Waals surface area contributed by atoms with Gasteiger partial charge in [0, 0.05) is 18.0 Å². The molecule has 0 radical (unpaired) electrons. The highest BCUT2D eigenvalue weighted by Crippen LogP contribution is 2.38. The van der Waals surface area contributed by atoms with Gasteiger partial charge in [-0.25, -0.2) is 32.9 Å². The van der Waals surface area contributed by atoms with Gasteiger partial charge in [0.15, 0.2) is 15.1 Å². The van der Waals surface area contributed by atoms with Crippen molar-refractivity contribution < 1.29 is 30.8 Å². The van der Waals surface area contributed by atoms with E-state index in [1.807, 2.05) is 12.1 Å². The monoisotopic (exact) mass is 657 g/mol. The molecule has 0 saturated carbocycles. The maximum Gasteiger partial charge on any atom is 0.422 e. The van der Waals surface area contributed by atoms with Crippen molar-refractivity contribution in [3.8, 4) is 11.1 Å². The van der Waals surface area contributed by atoms with Crippen molar-refractivity contribution in [2.75, 3.05) is 0 Å². The zero-order valence-electron chi connectivity index (χ0n) is 23.7. The smallest absolute Gasteiger partial charge is 0.422 e. The lowest BCUT2D eigenvalue weighted by molar-refractivity contribution is 0.0569. The van der Waals surface area contributed by atoms with E-state index in [9.17, 15) is 21.6 Å². The van der Waals surface area contributed by atoms with Crippen molar-refractivity contribution in [1.82, 2.24) is 34.6 Å². The molecule has 0 bridgehead atoms. The Bertz CT molecular complexity index is 1990. The number of hydrogen-bond acceptors (Lipinski definition) is 13. The molecule has 44 heavy (non-hydrogen) atoms. The Morgan fingerprint density at radius 3 is 2.43 bits per heavy atom. The lowest BCUT2D eigenvalue weighted by Gasteiger charge is -2.19. The summed E-state index contributed by atoms with van der Waals surface area (Å²) >= 11 is 1.15. The standard InChI is InChI=1S/C27H27N7O7S3/c1-27(2,3)41-26(35)34-44(38,39)30-14-22-32-33-24(40-22)23(43(36,37)15-17-7-5-4-6-8-17)25-31-20-10-9-18(11-21(20)42-25)19-12-28-16-29-13-19/h4-13,16,23,30H,14-15H2,1-3H3,(H,34,35). The molecule has 0 spiro atoms. The Balaban J connectivity index is 1.44. The van der Waals surface area contributed by atoms with Gasteiger partial charge in [0.2, 0.25) is 11.8 Å². The largest absolute Gasteiger partial charge is 0.443 e. The van der Waals surface area contributed by atoms with Crippen molar-refractivity contribution >= 4 is 47.7 Å². The molecule has 17 heteroatoms. The Morgan fingerprint density at radius 1 is 1.00 bits per heavy atom. The molecule has 2 aromatic carbocycles. The molecule has 3 heterocycles. The highest BCUT2D eigenvalue weighted by Gasteiger charge is 2.37. The maximum absolute atomic E-state index is 13.9. The number of fused-ring (bicyclic) bond motifs is 1. The highest BCUT2D eigenvalue weighted by atomic mass is 32.2. The van der Waals surface area contributed by atoms with Crippen LogP contribution in [0.3, 0.4) is 0 Å². The van der Waals surface area contributed by atoms with E-state index in [1.54, 1.807) is 74.3 Å². The zero-order valence-corrected chi connectivity index (χ0v) is 26.1. The molecule has 0 aliphatic heterocycles. The van der Waals surface area contributed by atoms with Crippen molar-refractivity contribution in [1.29, 1.82) is 0 Å². The van der Waals surface area contributed by atoms with Gasteiger partial charge in [-0.1, -0.05) is 36.4 Å². The second-order valence-electron chi connectivity index (χ2n) is 10.5. The molecule has 230 valence electrons. The van der Waals surface area contributed by atoms with Crippen molar-refractivity contribution in [2.45, 2.75) is 43.9 Å². The van der Waals surface area contributed by atoms with Gasteiger partial charge in [0.1, 0.15) is 16.9 Å². The number of nitrogens with one attached hydrogen (secondary N) is 2. The average Bonchev–Trinajstić information content (AvgIpc) is 3.58. The molecular formula is C27H27N7O7S3. The zero-order chi connectivity index (χ0) is 31.5. The number of sulfone groups is 1. The quantitative estimate of drug-likeness (QED) is 0.221. The van der Waals surface area contributed by atoms with Crippen molar-refractivity contribution in [3.05, 3.63) is 89.6 Å². The molecule has 1 unspecified atom stereocenters. The van der Waals surface area contributed by atoms with Gasteiger partial charge in [-0.15, -0.1) is 21.5 Å². The number of rotatable bonds is 10. The van der Waals surface area contributed by atoms with E-state index >= 15 is 0 Å². The minimum atomic E-state index is -4.37. The van der Waals surface area contributed by atoms with E-state index in [0.717, 1.165) is 22.5 Å². The summed E-state index contributed by atoms with van der Waals surface area (Å²) in [5, 5.41) is 6.55. The van der Waals surface area contributed by atoms with Gasteiger partial charge < -0.3 is 9.15 Å². The van der Waals surface area contributed by atoms with Crippen LogP contribution in [0, 0.1) is 0 Å². The summed E-state index contributed by atoms with van der Waals surface area (Å²) in [4.78, 5) is 24.6. The van der Waals surface area contributed by atoms with Gasteiger partial charge >= 0.3 is 16.3 Å². The van der Waals surface area contributed by atoms with Crippen LogP contribution in [0.5, 0.6) is 0 Å². The number of ether oxygens (including phenoxy) is 1. The predicted octanol–water partition coefficient (Wildman–Crippen LogP) is 3.70. The van der Waals surface area contributed by atoms with Gasteiger partial charge in [-0.3, -0.25) is 0 Å². The van der Waals surface area contributed by atoms with Gasteiger partial charge in [0.25, 0.3) is 0 Å². The third-order valence-electron chi connectivity index (χ3n) is 5.83. The van der Waals surface area contributed by atoms with E-state index in [2.05, 4.69) is 29.9 Å². The first-order valence-corrected chi connectivity index (χ1v) is 17.0. The van der Waals surface area contributed by atoms with Gasteiger partial charge in [-0.2, -0.15) is 13.1 Å². The SMILES string of the molecule is CC(C)(C)OC(=O)NS(=O)(=O)NCc1nnc(C(c2nc3ccc(-c4cncnc4)cc3s2)S(=O)(=O)Cc2ccccc2)o1. The number of nitrogens with zero attached hydrogens (tertiary/aromatic N) is 5. The summed E-state index contributed by atoms with van der Waals surface area (Å²) < 4.78 is 67.6. The van der Waals surface area contributed by atoms with Crippen LogP contribution in [0.4, 0.5) is 4.79 Å². The molecule has 5 aromatic rings. The first kappa shape index (κ1) is 31.1. The molecule has 5 rings (SSSR count). The van der Waals surface area contributed by atoms with Crippen LogP contribution >= 0.6 is 11.3 Å². The molecule has 1 atom stereocenters. The Kier molecular flexibility index (Phi) is 8.73. The van der Waals surface area contributed by atoms with Gasteiger partial charge in [0.05, 0.1) is 22.5 Å². The molecule has 0 saturated heterocycles. The minimum absolute atomic E-state index is 0.194. The lowest BCUT2D eigenvalue weighted by Crippen LogP contribution is -2.42. The molecule has 0 aliphatic rings. The predicted molar refractivity (Wildman–Crippen MR) is 161 cm³/mol. The second-order valence-corrected chi connectivity index (χ2v) is 15.1. The number of aromatic nitrogens is 5. The van der Waals surface area contributed by atoms with E-state index in [0.29, 0.717) is 15.8 Å². The summed E-state index contributed by atoms with van der Waals surface area (Å²) in [7, 11) is -8.40. The topological polar surface area (TPSA) is 196 Å². The molecule has 14 nitrogen and oxygen atoms in total. The van der Waals surface area contributed by atoms with E-state index < -0.39 is 43.5 Å². The maximum atomic E-state index is 13.9. The molecule has 2 N–H and O–H groups in total. The highest BCUT2D eigenvalue weighted by molar-refractivity contribution is 7.91. The first-order valence-electron chi connectivity index (χ1n) is 13.0. The number of carbonyl (C=O) groups excluding carboxylic acids is 1. The first-order chi connectivity index (χ1) is 20.8. The number of amides is 1. The number of benzene rings is 2. The average molecular weight is 658 g/mol. The molecule has 0 aliphatic carbocycles. The van der Waals surface area contributed by atoms with Crippen molar-refractivity contribution in [3.63, 3.8) is 0 Å². The molecule has 3 aromatic heterocycles. The fourth-order valence-electron chi connectivity index (χ4n) is 4.03. The Labute approximate surface area is 257 Å². The van der Waals surface area contributed by atoms with Crippen LogP contribution in [-0.2, 0) is 37.1 Å². The molecule has 1 amide bonds. The van der Waals surface area contributed by atoms with Crippen LogP contribution in [-0.4, -0.2) is 53.7 Å². The van der Waals surface area contributed by atoms with Crippen LogP contribution in [0.25, 0.3) is 21.3 Å². The fourth-order valence-corrected chi connectivity index (χ4v) is 7.83. The lowest BCUT2D eigenvalue weighted by atomic mass is 10.1. The minimum Gasteiger partial charge on any atom is -0.443 e. The summed E-state index contributed by atoms with van der Waals surface area (Å²) in [5.74, 6) is -0.863. The number of carbonyl (C=O) groups is 1. The normalized spacial score (nSPS) is 13.1. The second kappa shape index (κ2) is 12.4. The third kappa shape index (κ3) is 7.79. The van der Waals surface area contributed by atoms with Crippen LogP contribution in [0.1, 0.15) is 48.4 Å². The number of hydrogen-bond donors (Lipinski definition) is 2. The van der Waals surface area contributed by atoms with Crippen LogP contribution in [0.2, 0.25) is 0 Å². The Hall–Kier alpha value is -4.32. The molecule has 0 fully saturated rings.